The lowest BCUT2D eigenvalue weighted by atomic mass is 10.1. The molecule has 0 aliphatic carbocycles. The molecule has 0 saturated heterocycles. The molecule has 0 saturated carbocycles. The molecule has 0 unspecified atom stereocenters. The maximum Gasteiger partial charge on any atom is 0.0637 e. The number of hydrogen-bond donors (Lipinski definition) is 2. The van der Waals surface area contributed by atoms with Gasteiger partial charge in [0.2, 0.25) is 0 Å². The highest BCUT2D eigenvalue weighted by atomic mass is 16.5. The summed E-state index contributed by atoms with van der Waals surface area (Å²) in [4.78, 5) is 5.30. The Labute approximate surface area is 125 Å². The predicted molar refractivity (Wildman–Crippen MR) is 86.6 cm³/mol. The fraction of sp³-hybridized carbons (Fsp3) is 0.375. The second kappa shape index (κ2) is 7.71. The van der Waals surface area contributed by atoms with E-state index in [1.807, 2.05) is 30.6 Å². The van der Waals surface area contributed by atoms with Crippen LogP contribution in [0.5, 0.6) is 0 Å². The van der Waals surface area contributed by atoms with Gasteiger partial charge in [0.05, 0.1) is 13.2 Å². The Kier molecular flexibility index (Phi) is 5.66. The van der Waals surface area contributed by atoms with E-state index in [9.17, 15) is 0 Å². The maximum atomic E-state index is 6.10. The fourth-order valence-corrected chi connectivity index (χ4v) is 2.26. The normalized spacial score (nSPS) is 10.8. The summed E-state index contributed by atoms with van der Waals surface area (Å²) < 4.78 is 10.4. The minimum Gasteiger partial charge on any atom is -0.398 e. The summed E-state index contributed by atoms with van der Waals surface area (Å²) in [7, 11) is 3.42. The predicted octanol–water partition coefficient (Wildman–Crippen LogP) is 2.36. The number of rotatable bonds is 8. The zero-order valence-corrected chi connectivity index (χ0v) is 12.6. The number of nitrogens with zero attached hydrogens (tertiary/aromatic N) is 1. The Morgan fingerprint density at radius 3 is 2.38 bits per heavy atom. The van der Waals surface area contributed by atoms with Gasteiger partial charge in [-0.15, -0.1) is 0 Å². The van der Waals surface area contributed by atoms with Crippen molar-refractivity contribution in [2.45, 2.75) is 0 Å². The number of H-pyrrole nitrogens is 1. The number of nitrogen functional groups attached to an aromatic ring is 1. The van der Waals surface area contributed by atoms with Crippen LogP contribution in [-0.4, -0.2) is 45.5 Å². The molecule has 0 fully saturated rings. The lowest BCUT2D eigenvalue weighted by molar-refractivity contribution is 0.190. The van der Waals surface area contributed by atoms with Crippen LogP contribution >= 0.6 is 0 Å². The van der Waals surface area contributed by atoms with Crippen molar-refractivity contribution in [2.24, 2.45) is 0 Å². The molecule has 0 bridgehead atoms. The number of aromatic amines is 1. The van der Waals surface area contributed by atoms with E-state index in [2.05, 4.69) is 16.0 Å². The van der Waals surface area contributed by atoms with Crippen LogP contribution < -0.4 is 10.6 Å². The highest BCUT2D eigenvalue weighted by Crippen LogP contribution is 2.30. The molecule has 0 spiro atoms. The number of ether oxygens (including phenoxy) is 2. The molecule has 2 rings (SSSR count). The average molecular weight is 289 g/mol. The van der Waals surface area contributed by atoms with E-state index < -0.39 is 0 Å². The molecular weight excluding hydrogens is 266 g/mol. The smallest absolute Gasteiger partial charge is 0.0637 e. The van der Waals surface area contributed by atoms with E-state index in [-0.39, 0.29) is 0 Å². The molecule has 114 valence electrons. The second-order valence-electron chi connectivity index (χ2n) is 4.84. The third-order valence-corrected chi connectivity index (χ3v) is 3.44. The molecule has 1 aromatic carbocycles. The van der Waals surface area contributed by atoms with Gasteiger partial charge in [0.15, 0.2) is 0 Å². The molecule has 1 heterocycles. The molecule has 0 radical (unpaired) electrons. The quantitative estimate of drug-likeness (QED) is 0.732. The van der Waals surface area contributed by atoms with Crippen LogP contribution in [-0.2, 0) is 9.47 Å². The Hall–Kier alpha value is -1.98. The van der Waals surface area contributed by atoms with Crippen LogP contribution in [0.25, 0.3) is 11.1 Å². The third kappa shape index (κ3) is 4.00. The standard InChI is InChI=1S/C16H23N3O2/c1-20-9-7-19(8-10-21-2)14-3-4-16(17)15(11-14)13-5-6-18-12-13/h3-6,11-12,18H,7-10,17H2,1-2H3. The second-order valence-corrected chi connectivity index (χ2v) is 4.84. The summed E-state index contributed by atoms with van der Waals surface area (Å²) in [5, 5.41) is 0. The first kappa shape index (κ1) is 15.4. The maximum absolute atomic E-state index is 6.10. The van der Waals surface area contributed by atoms with Gasteiger partial charge in [-0.3, -0.25) is 0 Å². The summed E-state index contributed by atoms with van der Waals surface area (Å²) in [5.41, 5.74) is 10.1. The first-order chi connectivity index (χ1) is 10.3. The van der Waals surface area contributed by atoms with Crippen LogP contribution in [0.3, 0.4) is 0 Å². The number of anilines is 2. The van der Waals surface area contributed by atoms with Gasteiger partial charge in [-0.25, -0.2) is 0 Å². The van der Waals surface area contributed by atoms with Gasteiger partial charge in [0.25, 0.3) is 0 Å². The van der Waals surface area contributed by atoms with Gasteiger partial charge in [-0.05, 0) is 24.3 Å². The van der Waals surface area contributed by atoms with Crippen molar-refractivity contribution in [1.29, 1.82) is 0 Å². The van der Waals surface area contributed by atoms with Crippen molar-refractivity contribution in [1.82, 2.24) is 4.98 Å². The zero-order chi connectivity index (χ0) is 15.1. The van der Waals surface area contributed by atoms with Gasteiger partial charge in [0.1, 0.15) is 0 Å². The minimum atomic E-state index is 0.674. The SMILES string of the molecule is COCCN(CCOC)c1ccc(N)c(-c2cc[nH]c2)c1. The first-order valence-corrected chi connectivity index (χ1v) is 7.01. The molecular formula is C16H23N3O2. The molecule has 0 aliphatic heterocycles. The highest BCUT2D eigenvalue weighted by Gasteiger charge is 2.10. The molecule has 5 nitrogen and oxygen atoms in total. The van der Waals surface area contributed by atoms with Gasteiger partial charge in [-0.1, -0.05) is 0 Å². The topological polar surface area (TPSA) is 63.5 Å². The van der Waals surface area contributed by atoms with Gasteiger partial charge in [0, 0.05) is 62.2 Å². The summed E-state index contributed by atoms with van der Waals surface area (Å²) in [5.74, 6) is 0. The fourth-order valence-electron chi connectivity index (χ4n) is 2.26. The van der Waals surface area contributed by atoms with E-state index in [0.29, 0.717) is 13.2 Å². The molecule has 3 N–H and O–H groups in total. The van der Waals surface area contributed by atoms with E-state index in [4.69, 9.17) is 15.2 Å². The number of nitrogens with two attached hydrogens (primary N) is 1. The van der Waals surface area contributed by atoms with E-state index >= 15 is 0 Å². The number of benzene rings is 1. The Morgan fingerprint density at radius 1 is 1.10 bits per heavy atom. The number of methoxy groups -OCH3 is 2. The number of hydrogen-bond acceptors (Lipinski definition) is 4. The summed E-state index contributed by atoms with van der Waals surface area (Å²) in [6.45, 7) is 2.98. The van der Waals surface area contributed by atoms with Crippen molar-refractivity contribution >= 4 is 11.4 Å². The van der Waals surface area contributed by atoms with Gasteiger partial charge < -0.3 is 25.1 Å². The van der Waals surface area contributed by atoms with E-state index in [0.717, 1.165) is 35.6 Å². The van der Waals surface area contributed by atoms with Crippen LogP contribution in [0.1, 0.15) is 0 Å². The molecule has 0 amide bonds. The Bertz CT molecular complexity index is 532. The van der Waals surface area contributed by atoms with Crippen molar-refractivity contribution in [3.05, 3.63) is 36.7 Å². The molecule has 1 aromatic heterocycles. The van der Waals surface area contributed by atoms with Gasteiger partial charge >= 0.3 is 0 Å². The van der Waals surface area contributed by atoms with Crippen LogP contribution in [0.2, 0.25) is 0 Å². The minimum absolute atomic E-state index is 0.674. The molecule has 21 heavy (non-hydrogen) atoms. The monoisotopic (exact) mass is 289 g/mol. The highest BCUT2D eigenvalue weighted by molar-refractivity contribution is 5.79. The molecule has 0 atom stereocenters. The molecule has 2 aromatic rings. The lowest BCUT2D eigenvalue weighted by Crippen LogP contribution is -2.30. The van der Waals surface area contributed by atoms with Crippen LogP contribution in [0, 0.1) is 0 Å². The Morgan fingerprint density at radius 2 is 1.81 bits per heavy atom. The summed E-state index contributed by atoms with van der Waals surface area (Å²) in [6.07, 6.45) is 3.85. The first-order valence-electron chi connectivity index (χ1n) is 7.01. The van der Waals surface area contributed by atoms with Crippen molar-refractivity contribution in [2.75, 3.05) is 51.2 Å². The lowest BCUT2D eigenvalue weighted by Gasteiger charge is -2.25. The van der Waals surface area contributed by atoms with E-state index in [1.165, 1.54) is 0 Å². The van der Waals surface area contributed by atoms with Crippen molar-refractivity contribution in [3.8, 4) is 11.1 Å². The summed E-state index contributed by atoms with van der Waals surface area (Å²) in [6, 6.07) is 8.12. The Balaban J connectivity index is 2.25. The van der Waals surface area contributed by atoms with Gasteiger partial charge in [-0.2, -0.15) is 0 Å². The molecule has 5 heteroatoms. The van der Waals surface area contributed by atoms with Crippen molar-refractivity contribution in [3.63, 3.8) is 0 Å². The number of aromatic nitrogens is 1. The summed E-state index contributed by atoms with van der Waals surface area (Å²) >= 11 is 0. The van der Waals surface area contributed by atoms with Crippen LogP contribution in [0.4, 0.5) is 11.4 Å². The molecule has 0 aliphatic rings. The van der Waals surface area contributed by atoms with E-state index in [1.54, 1.807) is 14.2 Å². The number of nitrogens with one attached hydrogen (secondary N) is 1. The van der Waals surface area contributed by atoms with Crippen LogP contribution in [0.15, 0.2) is 36.7 Å². The largest absolute Gasteiger partial charge is 0.398 e. The third-order valence-electron chi connectivity index (χ3n) is 3.44. The zero-order valence-electron chi connectivity index (χ0n) is 12.6. The van der Waals surface area contributed by atoms with Crippen molar-refractivity contribution < 1.29 is 9.47 Å². The average Bonchev–Trinajstić information content (AvgIpc) is 3.02.